The van der Waals surface area contributed by atoms with Gasteiger partial charge < -0.3 is 21.9 Å². The van der Waals surface area contributed by atoms with E-state index in [0.29, 0.717) is 16.8 Å². The summed E-state index contributed by atoms with van der Waals surface area (Å²) >= 11 is 11.1. The minimum atomic E-state index is 0.320. The number of aryl methyl sites for hydroxylation is 1. The number of benzene rings is 2. The van der Waals surface area contributed by atoms with Crippen LogP contribution in [0.1, 0.15) is 11.4 Å². The van der Waals surface area contributed by atoms with Crippen molar-refractivity contribution in [3.63, 3.8) is 0 Å². The van der Waals surface area contributed by atoms with Gasteiger partial charge in [-0.15, -0.1) is 5.10 Å². The maximum Gasteiger partial charge on any atom is 0.169 e. The van der Waals surface area contributed by atoms with Gasteiger partial charge in [0, 0.05) is 16.7 Å². The number of hydrogen-bond acceptors (Lipinski definition) is 4. The summed E-state index contributed by atoms with van der Waals surface area (Å²) in [6, 6.07) is 17.5. The Hall–Kier alpha value is -2.11. The van der Waals surface area contributed by atoms with Crippen LogP contribution in [0.4, 0.5) is 0 Å². The summed E-state index contributed by atoms with van der Waals surface area (Å²) in [5, 5.41) is 9.26. The zero-order valence-corrected chi connectivity index (χ0v) is 13.9. The Kier molecular flexibility index (Phi) is 5.10. The average molecular weight is 345 g/mol. The first-order valence-electron chi connectivity index (χ1n) is 7.24. The number of halogens is 1. The van der Waals surface area contributed by atoms with Gasteiger partial charge in [-0.2, -0.15) is 5.10 Å². The Labute approximate surface area is 145 Å². The van der Waals surface area contributed by atoms with Gasteiger partial charge in [0.1, 0.15) is 12.4 Å². The van der Waals surface area contributed by atoms with Gasteiger partial charge in [0.2, 0.25) is 0 Å². The van der Waals surface area contributed by atoms with Gasteiger partial charge >= 0.3 is 0 Å². The minimum Gasteiger partial charge on any atom is -0.740 e. The molecule has 1 aromatic heterocycles. The monoisotopic (exact) mass is 344 g/mol. The van der Waals surface area contributed by atoms with Crippen molar-refractivity contribution in [1.29, 1.82) is 0 Å². The molecular formula is C17H15ClN3OS-. The third-order valence-electron chi connectivity index (χ3n) is 3.44. The van der Waals surface area contributed by atoms with Crippen molar-refractivity contribution in [1.82, 2.24) is 14.8 Å². The molecule has 0 atom stereocenters. The highest BCUT2D eigenvalue weighted by molar-refractivity contribution is 7.58. The van der Waals surface area contributed by atoms with Gasteiger partial charge in [-0.25, -0.2) is 0 Å². The molecule has 0 N–H and O–H groups in total. The Balaban J connectivity index is 1.65. The van der Waals surface area contributed by atoms with E-state index in [1.165, 1.54) is 5.56 Å². The van der Waals surface area contributed by atoms with E-state index in [1.807, 2.05) is 34.9 Å². The maximum absolute atomic E-state index is 5.86. The summed E-state index contributed by atoms with van der Waals surface area (Å²) in [4.78, 5) is 0. The van der Waals surface area contributed by atoms with Crippen LogP contribution in [0.25, 0.3) is 0 Å². The van der Waals surface area contributed by atoms with Crippen LogP contribution in [0, 0.1) is 0 Å². The van der Waals surface area contributed by atoms with E-state index in [1.54, 1.807) is 12.1 Å². The summed E-state index contributed by atoms with van der Waals surface area (Å²) in [6.45, 7) is 1.05. The maximum atomic E-state index is 5.86. The van der Waals surface area contributed by atoms with Crippen LogP contribution >= 0.6 is 11.6 Å². The molecule has 3 rings (SSSR count). The average Bonchev–Trinajstić information content (AvgIpc) is 2.93. The molecule has 0 aliphatic carbocycles. The number of rotatable bonds is 6. The van der Waals surface area contributed by atoms with Gasteiger partial charge in [-0.3, -0.25) is 0 Å². The molecule has 0 saturated heterocycles. The van der Waals surface area contributed by atoms with Crippen LogP contribution in [0.15, 0.2) is 59.8 Å². The first-order chi connectivity index (χ1) is 11.2. The summed E-state index contributed by atoms with van der Waals surface area (Å²) in [6.07, 6.45) is 0.871. The number of aromatic nitrogens is 3. The van der Waals surface area contributed by atoms with Crippen molar-refractivity contribution in [2.45, 2.75) is 24.7 Å². The van der Waals surface area contributed by atoms with Crippen molar-refractivity contribution in [3.8, 4) is 5.75 Å². The molecule has 3 aromatic rings. The fourth-order valence-electron chi connectivity index (χ4n) is 2.21. The number of hydrogen-bond donors (Lipinski definition) is 0. The third-order valence-corrected chi connectivity index (χ3v) is 4.00. The number of nitrogens with zero attached hydrogens (tertiary/aromatic N) is 3. The molecule has 23 heavy (non-hydrogen) atoms. The summed E-state index contributed by atoms with van der Waals surface area (Å²) in [5.41, 5.74) is 1.25. The largest absolute Gasteiger partial charge is 0.740 e. The SMILES string of the molecule is [S-]c1nnc(COc2ccc(Cl)cc2)n1CCc1ccccc1. The summed E-state index contributed by atoms with van der Waals surface area (Å²) in [7, 11) is 0. The molecule has 4 nitrogen and oxygen atoms in total. The summed E-state index contributed by atoms with van der Waals surface area (Å²) < 4.78 is 7.64. The predicted molar refractivity (Wildman–Crippen MR) is 91.6 cm³/mol. The normalized spacial score (nSPS) is 10.7. The Morgan fingerprint density at radius 1 is 1.00 bits per heavy atom. The van der Waals surface area contributed by atoms with Crippen molar-refractivity contribution < 1.29 is 4.74 Å². The first kappa shape index (κ1) is 15.8. The Morgan fingerprint density at radius 3 is 2.48 bits per heavy atom. The third kappa shape index (κ3) is 4.21. The lowest BCUT2D eigenvalue weighted by atomic mass is 10.1. The van der Waals surface area contributed by atoms with Crippen molar-refractivity contribution in [3.05, 3.63) is 71.0 Å². The lowest BCUT2D eigenvalue weighted by Gasteiger charge is -2.13. The second-order valence-electron chi connectivity index (χ2n) is 5.03. The van der Waals surface area contributed by atoms with Gasteiger partial charge in [0.15, 0.2) is 5.82 Å². The van der Waals surface area contributed by atoms with Crippen molar-refractivity contribution in [2.75, 3.05) is 0 Å². The van der Waals surface area contributed by atoms with Crippen LogP contribution in [-0.2, 0) is 32.2 Å². The van der Waals surface area contributed by atoms with Crippen LogP contribution < -0.4 is 4.74 Å². The molecule has 0 amide bonds. The Bertz CT molecular complexity index is 759. The highest BCUT2D eigenvalue weighted by Gasteiger charge is 2.07. The molecular weight excluding hydrogens is 330 g/mol. The van der Waals surface area contributed by atoms with E-state index in [0.717, 1.165) is 24.5 Å². The van der Waals surface area contributed by atoms with Gasteiger partial charge in [0.05, 0.1) is 0 Å². The lowest BCUT2D eigenvalue weighted by molar-refractivity contribution is 0.287. The van der Waals surface area contributed by atoms with E-state index in [4.69, 9.17) is 29.0 Å². The van der Waals surface area contributed by atoms with Crippen LogP contribution in [0.5, 0.6) is 5.75 Å². The van der Waals surface area contributed by atoms with Crippen LogP contribution in [0.2, 0.25) is 5.02 Å². The number of ether oxygens (including phenoxy) is 1. The van der Waals surface area contributed by atoms with E-state index >= 15 is 0 Å². The standard InChI is InChI=1S/C17H16ClN3OS/c18-14-6-8-15(9-7-14)22-12-16-19-20-17(23)21(16)11-10-13-4-2-1-3-5-13/h1-9H,10-12H2,(H,20,23)/p-1. The first-order valence-corrected chi connectivity index (χ1v) is 8.02. The predicted octanol–water partition coefficient (Wildman–Crippen LogP) is 3.66. The van der Waals surface area contributed by atoms with E-state index < -0.39 is 0 Å². The second-order valence-corrected chi connectivity index (χ2v) is 5.83. The van der Waals surface area contributed by atoms with Crippen molar-refractivity contribution >= 4 is 24.2 Å². The quantitative estimate of drug-likeness (QED) is 0.640. The topological polar surface area (TPSA) is 39.9 Å². The molecule has 0 radical (unpaired) electrons. The van der Waals surface area contributed by atoms with Gasteiger partial charge in [-0.1, -0.05) is 41.9 Å². The van der Waals surface area contributed by atoms with Crippen LogP contribution in [-0.4, -0.2) is 14.8 Å². The fourth-order valence-corrected chi connectivity index (χ4v) is 2.58. The highest BCUT2D eigenvalue weighted by atomic mass is 35.5. The molecule has 118 valence electrons. The molecule has 0 fully saturated rings. The lowest BCUT2D eigenvalue weighted by Crippen LogP contribution is -2.10. The molecule has 1 heterocycles. The molecule has 2 aromatic carbocycles. The molecule has 0 unspecified atom stereocenters. The molecule has 0 spiro atoms. The molecule has 0 bridgehead atoms. The molecule has 0 saturated carbocycles. The second kappa shape index (κ2) is 7.44. The summed E-state index contributed by atoms with van der Waals surface area (Å²) in [5.74, 6) is 1.46. The van der Waals surface area contributed by atoms with Gasteiger partial charge in [-0.05, 0) is 36.2 Å². The van der Waals surface area contributed by atoms with E-state index in [2.05, 4.69) is 22.3 Å². The van der Waals surface area contributed by atoms with E-state index in [9.17, 15) is 0 Å². The van der Waals surface area contributed by atoms with Gasteiger partial charge in [0.25, 0.3) is 0 Å². The smallest absolute Gasteiger partial charge is 0.169 e. The zero-order valence-electron chi connectivity index (χ0n) is 12.4. The minimum absolute atomic E-state index is 0.320. The fraction of sp³-hybridized carbons (Fsp3) is 0.176. The highest BCUT2D eigenvalue weighted by Crippen LogP contribution is 2.17. The van der Waals surface area contributed by atoms with Crippen molar-refractivity contribution in [2.24, 2.45) is 0 Å². The molecule has 0 aliphatic heterocycles. The Morgan fingerprint density at radius 2 is 1.74 bits per heavy atom. The molecule has 6 heteroatoms. The molecule has 0 aliphatic rings. The van der Waals surface area contributed by atoms with E-state index in [-0.39, 0.29) is 0 Å². The van der Waals surface area contributed by atoms with Crippen LogP contribution in [0.3, 0.4) is 0 Å². The zero-order chi connectivity index (χ0) is 16.1.